The van der Waals surface area contributed by atoms with E-state index in [1.807, 2.05) is 24.2 Å². The zero-order chi connectivity index (χ0) is 17.8. The van der Waals surface area contributed by atoms with Crippen LogP contribution in [0.1, 0.15) is 51.4 Å². The van der Waals surface area contributed by atoms with Crippen LogP contribution in [0.5, 0.6) is 0 Å². The van der Waals surface area contributed by atoms with Gasteiger partial charge in [-0.15, -0.1) is 0 Å². The summed E-state index contributed by atoms with van der Waals surface area (Å²) >= 11 is 0. The third-order valence-corrected chi connectivity index (χ3v) is 5.30. The topological polar surface area (TPSA) is 56.6 Å². The summed E-state index contributed by atoms with van der Waals surface area (Å²) in [4.78, 5) is 19.4. The van der Waals surface area contributed by atoms with Crippen molar-refractivity contribution < 1.29 is 14.3 Å². The quantitative estimate of drug-likeness (QED) is 0.792. The van der Waals surface area contributed by atoms with Crippen LogP contribution >= 0.6 is 0 Å². The van der Waals surface area contributed by atoms with Crippen LogP contribution in [0.3, 0.4) is 0 Å². The van der Waals surface area contributed by atoms with Crippen molar-refractivity contribution in [3.8, 4) is 0 Å². The first-order valence-corrected chi connectivity index (χ1v) is 9.57. The minimum absolute atomic E-state index is 0.121. The van der Waals surface area contributed by atoms with Crippen LogP contribution in [0, 0.1) is 12.8 Å². The van der Waals surface area contributed by atoms with Crippen LogP contribution in [0.4, 0.5) is 0 Å². The van der Waals surface area contributed by atoms with Crippen molar-refractivity contribution >= 4 is 5.91 Å². The van der Waals surface area contributed by atoms with Crippen molar-refractivity contribution in [2.75, 3.05) is 26.3 Å². The number of ether oxygens (including phenoxy) is 2. The van der Waals surface area contributed by atoms with Crippen molar-refractivity contribution in [2.24, 2.45) is 5.92 Å². The average molecular weight is 349 g/mol. The molecule has 2 aliphatic heterocycles. The van der Waals surface area contributed by atoms with Gasteiger partial charge in [-0.2, -0.15) is 0 Å². The van der Waals surface area contributed by atoms with Crippen molar-refractivity contribution in [2.45, 2.75) is 64.7 Å². The second kappa shape index (κ2) is 8.32. The molecule has 0 saturated carbocycles. The maximum absolute atomic E-state index is 13.1. The SMILES string of the molecule is Cc1nccn1[C@@H]1CCCN(C(=O)[C@H](OC[C@H]2CCCO2)C(C)C)C1. The van der Waals surface area contributed by atoms with Crippen LogP contribution in [-0.2, 0) is 14.3 Å². The molecule has 1 amide bonds. The Hall–Kier alpha value is -1.40. The Morgan fingerprint density at radius 2 is 2.24 bits per heavy atom. The highest BCUT2D eigenvalue weighted by Gasteiger charge is 2.33. The number of imidazole rings is 1. The average Bonchev–Trinajstić information content (AvgIpc) is 3.26. The van der Waals surface area contributed by atoms with Crippen molar-refractivity contribution in [3.05, 3.63) is 18.2 Å². The molecule has 140 valence electrons. The molecule has 3 atom stereocenters. The Morgan fingerprint density at radius 1 is 1.40 bits per heavy atom. The van der Waals surface area contributed by atoms with Crippen LogP contribution in [-0.4, -0.2) is 58.9 Å². The molecular formula is C19H31N3O3. The molecule has 25 heavy (non-hydrogen) atoms. The van der Waals surface area contributed by atoms with Crippen molar-refractivity contribution in [1.29, 1.82) is 0 Å². The third kappa shape index (κ3) is 4.42. The van der Waals surface area contributed by atoms with Gasteiger partial charge in [0, 0.05) is 32.1 Å². The molecule has 6 nitrogen and oxygen atoms in total. The molecule has 3 heterocycles. The molecule has 0 aliphatic carbocycles. The molecule has 0 N–H and O–H groups in total. The summed E-state index contributed by atoms with van der Waals surface area (Å²) < 4.78 is 13.8. The molecule has 2 fully saturated rings. The summed E-state index contributed by atoms with van der Waals surface area (Å²) in [6.07, 6.45) is 7.84. The summed E-state index contributed by atoms with van der Waals surface area (Å²) in [5, 5.41) is 0. The highest BCUT2D eigenvalue weighted by atomic mass is 16.5. The maximum Gasteiger partial charge on any atom is 0.252 e. The van der Waals surface area contributed by atoms with Gasteiger partial charge >= 0.3 is 0 Å². The number of amides is 1. The first-order chi connectivity index (χ1) is 12.1. The Labute approximate surface area is 150 Å². The molecule has 2 saturated heterocycles. The number of hydrogen-bond acceptors (Lipinski definition) is 4. The number of carbonyl (C=O) groups excluding carboxylic acids is 1. The van der Waals surface area contributed by atoms with Gasteiger partial charge in [-0.1, -0.05) is 13.8 Å². The van der Waals surface area contributed by atoms with Crippen LogP contribution in [0.15, 0.2) is 12.4 Å². The molecule has 2 aliphatic rings. The van der Waals surface area contributed by atoms with E-state index < -0.39 is 0 Å². The lowest BCUT2D eigenvalue weighted by atomic mass is 10.0. The van der Waals surface area contributed by atoms with Crippen molar-refractivity contribution in [3.63, 3.8) is 0 Å². The molecule has 3 rings (SSSR count). The standard InChI is InChI=1S/C19H31N3O3/c1-14(2)18(25-13-17-7-5-11-24-17)19(23)21-9-4-6-16(12-21)22-10-8-20-15(22)3/h8,10,14,16-18H,4-7,9,11-13H2,1-3H3/t16-,17-,18-/m1/s1. The fourth-order valence-corrected chi connectivity index (χ4v) is 3.87. The summed E-state index contributed by atoms with van der Waals surface area (Å²) in [7, 11) is 0. The first-order valence-electron chi connectivity index (χ1n) is 9.57. The number of likely N-dealkylation sites (tertiary alicyclic amines) is 1. The zero-order valence-electron chi connectivity index (χ0n) is 15.7. The minimum Gasteiger partial charge on any atom is -0.376 e. The molecule has 1 aromatic rings. The van der Waals surface area contributed by atoms with Gasteiger partial charge in [-0.3, -0.25) is 4.79 Å². The zero-order valence-corrected chi connectivity index (χ0v) is 15.7. The molecule has 0 unspecified atom stereocenters. The fraction of sp³-hybridized carbons (Fsp3) is 0.789. The van der Waals surface area contributed by atoms with E-state index in [2.05, 4.69) is 23.4 Å². The van der Waals surface area contributed by atoms with E-state index in [4.69, 9.17) is 9.47 Å². The van der Waals surface area contributed by atoms with Gasteiger partial charge in [-0.05, 0) is 38.5 Å². The second-order valence-electron chi connectivity index (χ2n) is 7.60. The number of rotatable bonds is 6. The summed E-state index contributed by atoms with van der Waals surface area (Å²) in [5.41, 5.74) is 0. The van der Waals surface area contributed by atoms with E-state index in [1.165, 1.54) is 0 Å². The lowest BCUT2D eigenvalue weighted by molar-refractivity contribution is -0.151. The highest BCUT2D eigenvalue weighted by Crippen LogP contribution is 2.25. The highest BCUT2D eigenvalue weighted by molar-refractivity contribution is 5.81. The number of nitrogens with zero attached hydrogens (tertiary/aromatic N) is 3. The van der Waals surface area contributed by atoms with Gasteiger partial charge in [0.1, 0.15) is 11.9 Å². The normalized spacial score (nSPS) is 25.5. The third-order valence-electron chi connectivity index (χ3n) is 5.30. The van der Waals surface area contributed by atoms with Gasteiger partial charge in [0.05, 0.1) is 18.8 Å². The lowest BCUT2D eigenvalue weighted by Crippen LogP contribution is -2.48. The molecule has 0 bridgehead atoms. The van der Waals surface area contributed by atoms with E-state index in [0.717, 1.165) is 51.2 Å². The largest absolute Gasteiger partial charge is 0.376 e. The van der Waals surface area contributed by atoms with E-state index in [1.54, 1.807) is 0 Å². The Kier molecular flexibility index (Phi) is 6.12. The van der Waals surface area contributed by atoms with Gasteiger partial charge in [0.2, 0.25) is 0 Å². The maximum atomic E-state index is 13.1. The Balaban J connectivity index is 1.61. The van der Waals surface area contributed by atoms with Crippen molar-refractivity contribution in [1.82, 2.24) is 14.5 Å². The molecule has 0 aromatic carbocycles. The minimum atomic E-state index is -0.383. The smallest absolute Gasteiger partial charge is 0.252 e. The first kappa shape index (κ1) is 18.4. The molecular weight excluding hydrogens is 318 g/mol. The molecule has 1 aromatic heterocycles. The monoisotopic (exact) mass is 349 g/mol. The number of hydrogen-bond donors (Lipinski definition) is 0. The van der Waals surface area contributed by atoms with Gasteiger partial charge in [0.15, 0.2) is 0 Å². The van der Waals surface area contributed by atoms with Crippen LogP contribution in [0.2, 0.25) is 0 Å². The van der Waals surface area contributed by atoms with E-state index in [9.17, 15) is 4.79 Å². The van der Waals surface area contributed by atoms with Gasteiger partial charge in [0.25, 0.3) is 5.91 Å². The lowest BCUT2D eigenvalue weighted by Gasteiger charge is -2.36. The number of aromatic nitrogens is 2. The summed E-state index contributed by atoms with van der Waals surface area (Å²) in [6.45, 7) is 9.01. The van der Waals surface area contributed by atoms with E-state index >= 15 is 0 Å². The fourth-order valence-electron chi connectivity index (χ4n) is 3.87. The van der Waals surface area contributed by atoms with Gasteiger partial charge < -0.3 is 18.9 Å². The predicted octanol–water partition coefficient (Wildman–Crippen LogP) is 2.58. The molecule has 0 spiro atoms. The number of piperidine rings is 1. The Bertz CT molecular complexity index is 566. The van der Waals surface area contributed by atoms with Crippen LogP contribution < -0.4 is 0 Å². The Morgan fingerprint density at radius 3 is 2.88 bits per heavy atom. The summed E-state index contributed by atoms with van der Waals surface area (Å²) in [6, 6.07) is 0.311. The van der Waals surface area contributed by atoms with Gasteiger partial charge in [-0.25, -0.2) is 4.98 Å². The molecule has 6 heteroatoms. The predicted molar refractivity (Wildman–Crippen MR) is 95.4 cm³/mol. The summed E-state index contributed by atoms with van der Waals surface area (Å²) in [5.74, 6) is 1.29. The van der Waals surface area contributed by atoms with Crippen LogP contribution in [0.25, 0.3) is 0 Å². The molecule has 0 radical (unpaired) electrons. The number of aryl methyl sites for hydroxylation is 1. The van der Waals surface area contributed by atoms with E-state index in [0.29, 0.717) is 12.6 Å². The second-order valence-corrected chi connectivity index (χ2v) is 7.60. The number of carbonyl (C=O) groups is 1. The van der Waals surface area contributed by atoms with E-state index in [-0.39, 0.29) is 24.0 Å².